The summed E-state index contributed by atoms with van der Waals surface area (Å²) < 4.78 is 5.73. The van der Waals surface area contributed by atoms with Crippen LogP contribution in [0.1, 0.15) is 30.1 Å². The van der Waals surface area contributed by atoms with Gasteiger partial charge in [0.1, 0.15) is 0 Å². The second-order valence-electron chi connectivity index (χ2n) is 7.77. The van der Waals surface area contributed by atoms with Crippen LogP contribution in [0.15, 0.2) is 42.5 Å². The predicted molar refractivity (Wildman–Crippen MR) is 123 cm³/mol. The number of hydrogen-bond acceptors (Lipinski definition) is 5. The zero-order chi connectivity index (χ0) is 20.6. The molecule has 0 spiro atoms. The summed E-state index contributed by atoms with van der Waals surface area (Å²) >= 11 is 4.33. The van der Waals surface area contributed by atoms with E-state index in [0.29, 0.717) is 25.4 Å². The van der Waals surface area contributed by atoms with Crippen molar-refractivity contribution in [3.05, 3.63) is 48.0 Å². The quantitative estimate of drug-likeness (QED) is 0.488. The Morgan fingerprint density at radius 1 is 1.21 bits per heavy atom. The summed E-state index contributed by atoms with van der Waals surface area (Å²) in [5.41, 5.74) is 6.94. The molecule has 5 nitrogen and oxygen atoms in total. The minimum Gasteiger partial charge on any atom is -0.381 e. The summed E-state index contributed by atoms with van der Waals surface area (Å²) in [6.07, 6.45) is 1.92. The van der Waals surface area contributed by atoms with Gasteiger partial charge in [0.15, 0.2) is 0 Å². The van der Waals surface area contributed by atoms with Crippen molar-refractivity contribution in [1.29, 1.82) is 0 Å². The molecular formula is C23H33N3O2S. The number of hydrogen-bond donors (Lipinski definition) is 2. The van der Waals surface area contributed by atoms with E-state index in [1.807, 2.05) is 35.2 Å². The minimum atomic E-state index is 0.0395. The van der Waals surface area contributed by atoms with Gasteiger partial charge < -0.3 is 15.4 Å². The summed E-state index contributed by atoms with van der Waals surface area (Å²) in [6.45, 7) is 6.66. The molecule has 1 aliphatic rings. The predicted octanol–water partition coefficient (Wildman–Crippen LogP) is 3.04. The Kier molecular flexibility index (Phi) is 8.36. The van der Waals surface area contributed by atoms with Crippen molar-refractivity contribution in [2.45, 2.75) is 31.8 Å². The standard InChI is InChI=1S/C23H33N3O2S/c1-2-13-28-14-10-20-16-26(12-11-25(20)15-19(24)17-29)23(27)22-9-5-7-18-6-3-4-8-21(18)22/h3-9,19-20,29H,2,10-17,24H2,1H3/t19-,20+/m1/s1. The van der Waals surface area contributed by atoms with Crippen LogP contribution in [0.5, 0.6) is 0 Å². The molecule has 1 heterocycles. The van der Waals surface area contributed by atoms with Crippen LogP contribution in [0.2, 0.25) is 0 Å². The van der Waals surface area contributed by atoms with Crippen molar-refractivity contribution < 1.29 is 9.53 Å². The van der Waals surface area contributed by atoms with Crippen molar-refractivity contribution in [2.75, 3.05) is 45.1 Å². The second kappa shape index (κ2) is 11.0. The fourth-order valence-electron chi connectivity index (χ4n) is 4.00. The summed E-state index contributed by atoms with van der Waals surface area (Å²) in [5, 5.41) is 2.11. The molecule has 0 bridgehead atoms. The van der Waals surface area contributed by atoms with E-state index in [9.17, 15) is 4.79 Å². The molecule has 2 aromatic carbocycles. The zero-order valence-corrected chi connectivity index (χ0v) is 18.2. The number of ether oxygens (including phenoxy) is 1. The molecule has 1 fully saturated rings. The van der Waals surface area contributed by atoms with Crippen LogP contribution >= 0.6 is 12.6 Å². The van der Waals surface area contributed by atoms with Gasteiger partial charge in [-0.2, -0.15) is 12.6 Å². The molecule has 0 aliphatic carbocycles. The molecule has 1 saturated heterocycles. The van der Waals surface area contributed by atoms with Crippen LogP contribution in [0.3, 0.4) is 0 Å². The van der Waals surface area contributed by atoms with Crippen molar-refractivity contribution >= 4 is 29.3 Å². The van der Waals surface area contributed by atoms with E-state index in [2.05, 4.69) is 36.6 Å². The smallest absolute Gasteiger partial charge is 0.254 e. The molecule has 0 saturated carbocycles. The van der Waals surface area contributed by atoms with Crippen molar-refractivity contribution in [2.24, 2.45) is 5.73 Å². The first kappa shape index (κ1) is 22.1. The van der Waals surface area contributed by atoms with Crippen molar-refractivity contribution in [3.8, 4) is 0 Å². The van der Waals surface area contributed by atoms with E-state index in [0.717, 1.165) is 48.9 Å². The normalized spacial score (nSPS) is 18.9. The Hall–Kier alpha value is -1.60. The Labute approximate surface area is 179 Å². The molecule has 6 heteroatoms. The third-order valence-electron chi connectivity index (χ3n) is 5.56. The maximum Gasteiger partial charge on any atom is 0.254 e. The highest BCUT2D eigenvalue weighted by molar-refractivity contribution is 7.80. The first-order valence-electron chi connectivity index (χ1n) is 10.6. The van der Waals surface area contributed by atoms with Crippen molar-refractivity contribution in [1.82, 2.24) is 9.80 Å². The topological polar surface area (TPSA) is 58.8 Å². The summed E-state index contributed by atoms with van der Waals surface area (Å²) in [7, 11) is 0. The molecule has 2 atom stereocenters. The van der Waals surface area contributed by atoms with Crippen LogP contribution in [0.25, 0.3) is 10.8 Å². The van der Waals surface area contributed by atoms with Gasteiger partial charge in [0.25, 0.3) is 5.91 Å². The minimum absolute atomic E-state index is 0.0395. The lowest BCUT2D eigenvalue weighted by molar-refractivity contribution is 0.0339. The van der Waals surface area contributed by atoms with Gasteiger partial charge in [-0.3, -0.25) is 9.69 Å². The van der Waals surface area contributed by atoms with E-state index in [1.165, 1.54) is 0 Å². The lowest BCUT2D eigenvalue weighted by atomic mass is 10.0. The van der Waals surface area contributed by atoms with Crippen LogP contribution in [0, 0.1) is 0 Å². The maximum absolute atomic E-state index is 13.4. The molecule has 0 aromatic heterocycles. The number of piperazine rings is 1. The lowest BCUT2D eigenvalue weighted by Crippen LogP contribution is -2.57. The molecule has 2 aromatic rings. The molecule has 158 valence electrons. The van der Waals surface area contributed by atoms with E-state index in [-0.39, 0.29) is 18.0 Å². The summed E-state index contributed by atoms with van der Waals surface area (Å²) in [6, 6.07) is 14.3. The number of fused-ring (bicyclic) bond motifs is 1. The average molecular weight is 416 g/mol. The van der Waals surface area contributed by atoms with Crippen LogP contribution in [0.4, 0.5) is 0 Å². The van der Waals surface area contributed by atoms with Gasteiger partial charge in [-0.15, -0.1) is 0 Å². The zero-order valence-electron chi connectivity index (χ0n) is 17.3. The SMILES string of the molecule is CCCOCC[C@H]1CN(C(=O)c2cccc3ccccc23)CCN1C[C@@H](N)CS. The molecule has 1 amide bonds. The Morgan fingerprint density at radius 2 is 2.00 bits per heavy atom. The van der Waals surface area contributed by atoms with Crippen LogP contribution in [-0.4, -0.2) is 72.9 Å². The molecule has 3 rings (SSSR count). The molecule has 2 N–H and O–H groups in total. The van der Waals surface area contributed by atoms with Crippen LogP contribution < -0.4 is 5.73 Å². The van der Waals surface area contributed by atoms with Crippen LogP contribution in [-0.2, 0) is 4.74 Å². The highest BCUT2D eigenvalue weighted by Gasteiger charge is 2.31. The van der Waals surface area contributed by atoms with Gasteiger partial charge in [-0.25, -0.2) is 0 Å². The number of benzene rings is 2. The first-order chi connectivity index (χ1) is 14.1. The number of carbonyl (C=O) groups excluding carboxylic acids is 1. The first-order valence-corrected chi connectivity index (χ1v) is 11.2. The fourth-order valence-corrected chi connectivity index (χ4v) is 4.11. The molecule has 0 radical (unpaired) electrons. The van der Waals surface area contributed by atoms with E-state index in [4.69, 9.17) is 10.5 Å². The third kappa shape index (κ3) is 5.72. The summed E-state index contributed by atoms with van der Waals surface area (Å²) in [5.74, 6) is 0.771. The number of nitrogens with two attached hydrogens (primary N) is 1. The van der Waals surface area contributed by atoms with E-state index >= 15 is 0 Å². The molecule has 0 unspecified atom stereocenters. The van der Waals surface area contributed by atoms with Gasteiger partial charge in [0.2, 0.25) is 0 Å². The van der Waals surface area contributed by atoms with Gasteiger partial charge in [0.05, 0.1) is 0 Å². The molecular weight excluding hydrogens is 382 g/mol. The number of nitrogens with zero attached hydrogens (tertiary/aromatic N) is 2. The molecule has 1 aliphatic heterocycles. The maximum atomic E-state index is 13.4. The highest BCUT2D eigenvalue weighted by Crippen LogP contribution is 2.22. The lowest BCUT2D eigenvalue weighted by Gasteiger charge is -2.42. The largest absolute Gasteiger partial charge is 0.381 e. The second-order valence-corrected chi connectivity index (χ2v) is 8.14. The Balaban J connectivity index is 1.73. The van der Waals surface area contributed by atoms with Gasteiger partial charge in [0, 0.05) is 62.8 Å². The fraction of sp³-hybridized carbons (Fsp3) is 0.522. The van der Waals surface area contributed by atoms with E-state index < -0.39 is 0 Å². The van der Waals surface area contributed by atoms with Crippen molar-refractivity contribution in [3.63, 3.8) is 0 Å². The highest BCUT2D eigenvalue weighted by atomic mass is 32.1. The summed E-state index contributed by atoms with van der Waals surface area (Å²) in [4.78, 5) is 17.8. The number of rotatable bonds is 9. The Bertz CT molecular complexity index is 795. The Morgan fingerprint density at radius 3 is 2.79 bits per heavy atom. The van der Waals surface area contributed by atoms with E-state index in [1.54, 1.807) is 0 Å². The van der Waals surface area contributed by atoms with Gasteiger partial charge >= 0.3 is 0 Å². The number of thiol groups is 1. The number of amides is 1. The van der Waals surface area contributed by atoms with Gasteiger partial charge in [-0.05, 0) is 29.7 Å². The average Bonchev–Trinajstić information content (AvgIpc) is 2.76. The third-order valence-corrected chi connectivity index (χ3v) is 6.03. The van der Waals surface area contributed by atoms with Gasteiger partial charge in [-0.1, -0.05) is 43.3 Å². The molecule has 29 heavy (non-hydrogen) atoms. The number of carbonyl (C=O) groups is 1. The monoisotopic (exact) mass is 415 g/mol.